The number of carbonyl (C=O) groups is 1. The first-order valence-corrected chi connectivity index (χ1v) is 9.77. The van der Waals surface area contributed by atoms with Crippen LogP contribution in [-0.2, 0) is 15.7 Å². The lowest BCUT2D eigenvalue weighted by Gasteiger charge is -2.36. The molecule has 0 saturated heterocycles. The first-order valence-electron chi connectivity index (χ1n) is 9.77. The minimum absolute atomic E-state index is 0.0164. The van der Waals surface area contributed by atoms with E-state index in [1.807, 2.05) is 0 Å². The van der Waals surface area contributed by atoms with Gasteiger partial charge in [0.05, 0.1) is 23.4 Å². The van der Waals surface area contributed by atoms with Crippen molar-refractivity contribution in [1.82, 2.24) is 0 Å². The lowest BCUT2D eigenvalue weighted by Crippen LogP contribution is -2.33. The summed E-state index contributed by atoms with van der Waals surface area (Å²) >= 11 is 0. The van der Waals surface area contributed by atoms with Crippen molar-refractivity contribution in [2.24, 2.45) is 0 Å². The Morgan fingerprint density at radius 2 is 1.81 bits per heavy atom. The second-order valence-corrected chi connectivity index (χ2v) is 7.42. The second kappa shape index (κ2) is 7.19. The van der Waals surface area contributed by atoms with Crippen molar-refractivity contribution in [1.29, 1.82) is 0 Å². The number of β-amino-alcohol motifs (C(OH)–C–C–N with tert-alkyl or cyclic N) is 1. The van der Waals surface area contributed by atoms with Crippen LogP contribution in [0.3, 0.4) is 0 Å². The van der Waals surface area contributed by atoms with Gasteiger partial charge < -0.3 is 24.2 Å². The SMILES string of the molecule is O=C1OCC2=C1C(c1cccc(C(F)(F)F)c1)c1cc3c(cc1N2CCO)OCCO3. The zero-order valence-electron chi connectivity index (χ0n) is 16.2. The fourth-order valence-electron chi connectivity index (χ4n) is 4.37. The molecule has 0 bridgehead atoms. The van der Waals surface area contributed by atoms with Crippen molar-refractivity contribution in [3.05, 3.63) is 64.4 Å². The number of nitrogens with zero attached hydrogens (tertiary/aromatic N) is 1. The van der Waals surface area contributed by atoms with Crippen molar-refractivity contribution in [2.75, 3.05) is 37.9 Å². The van der Waals surface area contributed by atoms with E-state index in [1.165, 1.54) is 6.07 Å². The van der Waals surface area contributed by atoms with Crippen LogP contribution >= 0.6 is 0 Å². The van der Waals surface area contributed by atoms with E-state index in [-0.39, 0.29) is 25.3 Å². The molecule has 5 rings (SSSR count). The molecule has 6 nitrogen and oxygen atoms in total. The standard InChI is InChI=1S/C22H18F3NO5/c23-22(24,25)13-3-1-2-12(8-13)19-14-9-17-18(30-7-6-29-17)10-15(14)26(4-5-27)16-11-31-21(28)20(16)19/h1-3,8-10,19,27H,4-7,11H2. The summed E-state index contributed by atoms with van der Waals surface area (Å²) in [6.07, 6.45) is -4.52. The topological polar surface area (TPSA) is 68.2 Å². The zero-order chi connectivity index (χ0) is 21.8. The number of ether oxygens (including phenoxy) is 3. The minimum atomic E-state index is -4.52. The quantitative estimate of drug-likeness (QED) is 0.750. The van der Waals surface area contributed by atoms with Gasteiger partial charge in [0, 0.05) is 24.2 Å². The number of cyclic esters (lactones) is 1. The maximum atomic E-state index is 13.4. The number of hydrogen-bond acceptors (Lipinski definition) is 6. The average Bonchev–Trinajstić information content (AvgIpc) is 3.13. The third kappa shape index (κ3) is 3.20. The highest BCUT2D eigenvalue weighted by atomic mass is 19.4. The average molecular weight is 433 g/mol. The van der Waals surface area contributed by atoms with Crippen molar-refractivity contribution in [3.8, 4) is 11.5 Å². The first-order chi connectivity index (χ1) is 14.9. The van der Waals surface area contributed by atoms with Gasteiger partial charge in [0.1, 0.15) is 19.8 Å². The highest BCUT2D eigenvalue weighted by Gasteiger charge is 2.43. The molecule has 1 unspecified atom stereocenters. The van der Waals surface area contributed by atoms with Gasteiger partial charge in [-0.3, -0.25) is 0 Å². The molecule has 31 heavy (non-hydrogen) atoms. The number of fused-ring (bicyclic) bond motifs is 2. The molecule has 0 radical (unpaired) electrons. The summed E-state index contributed by atoms with van der Waals surface area (Å²) in [7, 11) is 0. The van der Waals surface area contributed by atoms with Gasteiger partial charge in [-0.1, -0.05) is 18.2 Å². The molecule has 0 fully saturated rings. The number of hydrogen-bond donors (Lipinski definition) is 1. The Balaban J connectivity index is 1.75. The van der Waals surface area contributed by atoms with E-state index in [9.17, 15) is 23.1 Å². The van der Waals surface area contributed by atoms with E-state index < -0.39 is 23.6 Å². The van der Waals surface area contributed by atoms with Gasteiger partial charge in [0.25, 0.3) is 0 Å². The summed E-state index contributed by atoms with van der Waals surface area (Å²) in [6, 6.07) is 8.40. The van der Waals surface area contributed by atoms with Crippen LogP contribution in [0.2, 0.25) is 0 Å². The van der Waals surface area contributed by atoms with E-state index in [0.717, 1.165) is 12.1 Å². The molecule has 0 saturated carbocycles. The molecule has 9 heteroatoms. The Labute approximate surface area is 175 Å². The fraction of sp³-hybridized carbons (Fsp3) is 0.318. The zero-order valence-corrected chi connectivity index (χ0v) is 16.2. The van der Waals surface area contributed by atoms with Crippen molar-refractivity contribution < 1.29 is 37.3 Å². The third-order valence-electron chi connectivity index (χ3n) is 5.65. The molecular formula is C22H18F3NO5. The van der Waals surface area contributed by atoms with Crippen molar-refractivity contribution in [3.63, 3.8) is 0 Å². The Morgan fingerprint density at radius 3 is 2.52 bits per heavy atom. The first kappa shape index (κ1) is 19.7. The van der Waals surface area contributed by atoms with Crippen LogP contribution in [0, 0.1) is 0 Å². The van der Waals surface area contributed by atoms with Crippen LogP contribution in [0.4, 0.5) is 18.9 Å². The summed E-state index contributed by atoms with van der Waals surface area (Å²) < 4.78 is 56.8. The molecular weight excluding hydrogens is 415 g/mol. The molecule has 2 aromatic carbocycles. The Kier molecular flexibility index (Phi) is 4.58. The number of esters is 1. The molecule has 2 aromatic rings. The Morgan fingerprint density at radius 1 is 1.06 bits per heavy atom. The lowest BCUT2D eigenvalue weighted by molar-refractivity contribution is -0.137. The summed E-state index contributed by atoms with van der Waals surface area (Å²) in [5.74, 6) is -0.389. The van der Waals surface area contributed by atoms with Crippen molar-refractivity contribution >= 4 is 11.7 Å². The van der Waals surface area contributed by atoms with Gasteiger partial charge in [-0.25, -0.2) is 4.79 Å². The molecule has 1 atom stereocenters. The summed E-state index contributed by atoms with van der Waals surface area (Å²) in [5, 5.41) is 9.61. The molecule has 0 amide bonds. The van der Waals surface area contributed by atoms with E-state index in [1.54, 1.807) is 23.1 Å². The van der Waals surface area contributed by atoms with Gasteiger partial charge >= 0.3 is 12.1 Å². The molecule has 0 aromatic heterocycles. The van der Waals surface area contributed by atoms with E-state index in [2.05, 4.69) is 0 Å². The molecule has 3 aliphatic heterocycles. The molecule has 0 spiro atoms. The van der Waals surface area contributed by atoms with Gasteiger partial charge in [0.2, 0.25) is 0 Å². The molecule has 3 heterocycles. The van der Waals surface area contributed by atoms with Gasteiger partial charge in [0.15, 0.2) is 11.5 Å². The van der Waals surface area contributed by atoms with Gasteiger partial charge in [-0.15, -0.1) is 0 Å². The summed E-state index contributed by atoms with van der Waals surface area (Å²) in [6.45, 7) is 0.705. The monoisotopic (exact) mass is 433 g/mol. The maximum absolute atomic E-state index is 13.4. The number of aliphatic hydroxyl groups is 1. The van der Waals surface area contributed by atoms with Crippen LogP contribution in [0.1, 0.15) is 22.6 Å². The van der Waals surface area contributed by atoms with E-state index in [0.29, 0.717) is 47.2 Å². The molecule has 162 valence electrons. The van der Waals surface area contributed by atoms with E-state index in [4.69, 9.17) is 14.2 Å². The minimum Gasteiger partial charge on any atom is -0.486 e. The number of aliphatic hydroxyl groups excluding tert-OH is 1. The van der Waals surface area contributed by atoms with E-state index >= 15 is 0 Å². The van der Waals surface area contributed by atoms with Crippen molar-refractivity contribution in [2.45, 2.75) is 12.1 Å². The van der Waals surface area contributed by atoms with Crippen LogP contribution in [0.5, 0.6) is 11.5 Å². The predicted octanol–water partition coefficient (Wildman–Crippen LogP) is 3.23. The number of benzene rings is 2. The Bertz CT molecular complexity index is 1100. The highest BCUT2D eigenvalue weighted by molar-refractivity contribution is 5.97. The largest absolute Gasteiger partial charge is 0.486 e. The van der Waals surface area contributed by atoms with Crippen LogP contribution in [0.25, 0.3) is 0 Å². The third-order valence-corrected chi connectivity index (χ3v) is 5.65. The number of carbonyl (C=O) groups excluding carboxylic acids is 1. The maximum Gasteiger partial charge on any atom is 0.416 e. The van der Waals surface area contributed by atoms with Crippen LogP contribution in [0.15, 0.2) is 47.7 Å². The summed E-state index contributed by atoms with van der Waals surface area (Å²) in [4.78, 5) is 14.4. The number of rotatable bonds is 3. The normalized spacial score (nSPS) is 19.8. The molecule has 1 N–H and O–H groups in total. The fourth-order valence-corrected chi connectivity index (χ4v) is 4.37. The Hall–Kier alpha value is -3.20. The van der Waals surface area contributed by atoms with Gasteiger partial charge in [-0.05, 0) is 23.3 Å². The van der Waals surface area contributed by atoms with Crippen LogP contribution in [-0.4, -0.2) is 44.0 Å². The molecule has 3 aliphatic rings. The lowest BCUT2D eigenvalue weighted by atomic mass is 9.79. The summed E-state index contributed by atoms with van der Waals surface area (Å²) in [5.41, 5.74) is 1.56. The highest BCUT2D eigenvalue weighted by Crippen LogP contribution is 2.51. The number of anilines is 1. The van der Waals surface area contributed by atoms with Gasteiger partial charge in [-0.2, -0.15) is 13.2 Å². The molecule has 0 aliphatic carbocycles. The second-order valence-electron chi connectivity index (χ2n) is 7.42. The van der Waals surface area contributed by atoms with Crippen LogP contribution < -0.4 is 14.4 Å². The predicted molar refractivity (Wildman–Crippen MR) is 103 cm³/mol. The smallest absolute Gasteiger partial charge is 0.416 e. The number of halogens is 3. The number of alkyl halides is 3.